The SMILES string of the molecule is CCn1c(=O)n(CC)c2cc(-c3c[nH][n+](C4CCNCC4)c3-c3cccc(C)c3)ccc21. The minimum Gasteiger partial charge on any atom is -0.316 e. The van der Waals surface area contributed by atoms with Gasteiger partial charge < -0.3 is 5.32 Å². The van der Waals surface area contributed by atoms with E-state index in [0.29, 0.717) is 19.1 Å². The van der Waals surface area contributed by atoms with Gasteiger partial charge in [-0.15, -0.1) is 4.68 Å². The third-order valence-electron chi connectivity index (χ3n) is 6.77. The monoisotopic (exact) mass is 430 g/mol. The highest BCUT2D eigenvalue weighted by Crippen LogP contribution is 2.33. The molecule has 0 aliphatic carbocycles. The Morgan fingerprint density at radius 2 is 1.72 bits per heavy atom. The van der Waals surface area contributed by atoms with Crippen LogP contribution in [-0.2, 0) is 13.1 Å². The van der Waals surface area contributed by atoms with Crippen LogP contribution in [0.15, 0.2) is 53.5 Å². The average molecular weight is 431 g/mol. The number of fused-ring (bicyclic) bond motifs is 1. The van der Waals surface area contributed by atoms with E-state index in [-0.39, 0.29) is 5.69 Å². The van der Waals surface area contributed by atoms with Gasteiger partial charge in [-0.05, 0) is 50.6 Å². The van der Waals surface area contributed by atoms with Crippen LogP contribution in [0.25, 0.3) is 33.4 Å². The fourth-order valence-corrected chi connectivity index (χ4v) is 5.16. The molecule has 1 aliphatic rings. The topological polar surface area (TPSA) is 58.6 Å². The number of aromatic amines is 1. The fourth-order valence-electron chi connectivity index (χ4n) is 5.16. The predicted octanol–water partition coefficient (Wildman–Crippen LogP) is 4.03. The molecular formula is C26H32N5O+. The Morgan fingerprint density at radius 1 is 0.969 bits per heavy atom. The third kappa shape index (κ3) is 3.39. The van der Waals surface area contributed by atoms with E-state index < -0.39 is 0 Å². The molecule has 0 bridgehead atoms. The molecule has 0 saturated carbocycles. The minimum absolute atomic E-state index is 0.0693. The summed E-state index contributed by atoms with van der Waals surface area (Å²) in [6, 6.07) is 15.6. The number of H-pyrrole nitrogens is 1. The summed E-state index contributed by atoms with van der Waals surface area (Å²) in [6.07, 6.45) is 4.35. The highest BCUT2D eigenvalue weighted by molar-refractivity contribution is 5.86. The first-order valence-electron chi connectivity index (χ1n) is 11.8. The van der Waals surface area contributed by atoms with Crippen LogP contribution in [0.4, 0.5) is 0 Å². The van der Waals surface area contributed by atoms with Gasteiger partial charge in [-0.3, -0.25) is 9.13 Å². The summed E-state index contributed by atoms with van der Waals surface area (Å²) in [6.45, 7) is 9.63. The molecule has 6 nitrogen and oxygen atoms in total. The van der Waals surface area contributed by atoms with Crippen molar-refractivity contribution in [3.63, 3.8) is 0 Å². The zero-order valence-corrected chi connectivity index (χ0v) is 19.2. The molecule has 0 radical (unpaired) electrons. The molecule has 0 atom stereocenters. The maximum Gasteiger partial charge on any atom is 0.329 e. The summed E-state index contributed by atoms with van der Waals surface area (Å²) in [5.41, 5.74) is 8.08. The van der Waals surface area contributed by atoms with Gasteiger partial charge in [0, 0.05) is 44.6 Å². The first-order chi connectivity index (χ1) is 15.6. The van der Waals surface area contributed by atoms with Crippen molar-refractivity contribution in [2.45, 2.75) is 52.7 Å². The van der Waals surface area contributed by atoms with Crippen LogP contribution in [0.5, 0.6) is 0 Å². The van der Waals surface area contributed by atoms with E-state index in [1.165, 1.54) is 22.4 Å². The van der Waals surface area contributed by atoms with E-state index in [9.17, 15) is 4.79 Å². The standard InChI is InChI=1S/C26H31N5O/c1-4-29-23-10-9-19(16-24(23)30(5-2)26(29)32)22-17-28-31(21-11-13-27-14-12-21)25(22)20-8-6-7-18(3)15-20/h6-10,15-17,21,27H,4-5,11-14H2,1-3H3/p+1. The summed E-state index contributed by atoms with van der Waals surface area (Å²) < 4.78 is 6.10. The van der Waals surface area contributed by atoms with Crippen molar-refractivity contribution in [2.24, 2.45) is 0 Å². The van der Waals surface area contributed by atoms with E-state index >= 15 is 0 Å². The number of piperidine rings is 1. The molecule has 0 spiro atoms. The maximum absolute atomic E-state index is 12.8. The van der Waals surface area contributed by atoms with Gasteiger partial charge in [-0.2, -0.15) is 5.10 Å². The molecule has 0 unspecified atom stereocenters. The molecule has 1 fully saturated rings. The minimum atomic E-state index is 0.0693. The van der Waals surface area contributed by atoms with Crippen LogP contribution in [0.1, 0.15) is 38.3 Å². The summed E-state index contributed by atoms with van der Waals surface area (Å²) in [5, 5.41) is 7.06. The molecule has 2 aromatic heterocycles. The number of rotatable bonds is 5. The molecule has 2 aromatic carbocycles. The lowest BCUT2D eigenvalue weighted by Crippen LogP contribution is -2.47. The molecule has 0 amide bonds. The first kappa shape index (κ1) is 20.8. The Balaban J connectivity index is 1.72. The number of hydrogen-bond donors (Lipinski definition) is 2. The first-order valence-corrected chi connectivity index (χ1v) is 11.8. The highest BCUT2D eigenvalue weighted by Gasteiger charge is 2.31. The number of nitrogens with one attached hydrogen (secondary N) is 2. The van der Waals surface area contributed by atoms with E-state index in [0.717, 1.165) is 42.5 Å². The Labute approximate surface area is 188 Å². The number of nitrogens with zero attached hydrogens (tertiary/aromatic N) is 3. The molecule has 4 aromatic rings. The molecule has 3 heterocycles. The van der Waals surface area contributed by atoms with Crippen LogP contribution >= 0.6 is 0 Å². The summed E-state index contributed by atoms with van der Waals surface area (Å²) in [4.78, 5) is 12.8. The molecule has 1 aliphatic heterocycles. The Kier molecular flexibility index (Phi) is 5.47. The van der Waals surface area contributed by atoms with Gasteiger partial charge in [-0.25, -0.2) is 4.79 Å². The lowest BCUT2D eigenvalue weighted by Gasteiger charge is -2.18. The lowest BCUT2D eigenvalue weighted by molar-refractivity contribution is -0.765. The molecule has 5 rings (SSSR count). The van der Waals surface area contributed by atoms with Crippen LogP contribution in [0, 0.1) is 6.92 Å². The zero-order chi connectivity index (χ0) is 22.2. The quantitative estimate of drug-likeness (QED) is 0.470. The van der Waals surface area contributed by atoms with E-state index in [1.54, 1.807) is 0 Å². The smallest absolute Gasteiger partial charge is 0.316 e. The van der Waals surface area contributed by atoms with Crippen LogP contribution < -0.4 is 15.7 Å². The average Bonchev–Trinajstić information content (AvgIpc) is 3.37. The van der Waals surface area contributed by atoms with Crippen molar-refractivity contribution in [3.8, 4) is 22.4 Å². The van der Waals surface area contributed by atoms with Gasteiger partial charge >= 0.3 is 5.69 Å². The third-order valence-corrected chi connectivity index (χ3v) is 6.77. The Bertz CT molecular complexity index is 1320. The van der Waals surface area contributed by atoms with E-state index in [2.05, 4.69) is 70.7 Å². The van der Waals surface area contributed by atoms with E-state index in [1.807, 2.05) is 23.0 Å². The lowest BCUT2D eigenvalue weighted by atomic mass is 9.98. The molecule has 32 heavy (non-hydrogen) atoms. The van der Waals surface area contributed by atoms with Crippen LogP contribution in [0.3, 0.4) is 0 Å². The Morgan fingerprint density at radius 3 is 2.44 bits per heavy atom. The van der Waals surface area contributed by atoms with Gasteiger partial charge in [0.25, 0.3) is 0 Å². The molecular weight excluding hydrogens is 398 g/mol. The second kappa shape index (κ2) is 8.43. The van der Waals surface area contributed by atoms with E-state index in [4.69, 9.17) is 0 Å². The number of hydrogen-bond acceptors (Lipinski definition) is 2. The molecule has 1 saturated heterocycles. The Hall–Kier alpha value is -3.12. The zero-order valence-electron chi connectivity index (χ0n) is 19.2. The van der Waals surface area contributed by atoms with Crippen molar-refractivity contribution in [1.82, 2.24) is 19.5 Å². The molecule has 166 valence electrons. The summed E-state index contributed by atoms with van der Waals surface area (Å²) >= 11 is 0. The second-order valence-corrected chi connectivity index (χ2v) is 8.73. The maximum atomic E-state index is 12.8. The molecule has 2 N–H and O–H groups in total. The van der Waals surface area contributed by atoms with Crippen molar-refractivity contribution in [1.29, 1.82) is 0 Å². The summed E-state index contributed by atoms with van der Waals surface area (Å²) in [5.74, 6) is 0. The van der Waals surface area contributed by atoms with Crippen molar-refractivity contribution in [3.05, 3.63) is 64.7 Å². The number of imidazole rings is 1. The predicted molar refractivity (Wildman–Crippen MR) is 129 cm³/mol. The van der Waals surface area contributed by atoms with Gasteiger partial charge in [-0.1, -0.05) is 23.8 Å². The fraction of sp³-hybridized carbons (Fsp3) is 0.385. The van der Waals surface area contributed by atoms with Gasteiger partial charge in [0.15, 0.2) is 6.04 Å². The van der Waals surface area contributed by atoms with Gasteiger partial charge in [0.1, 0.15) is 0 Å². The second-order valence-electron chi connectivity index (χ2n) is 8.73. The van der Waals surface area contributed by atoms with Gasteiger partial charge in [0.05, 0.1) is 22.8 Å². The van der Waals surface area contributed by atoms with Crippen LogP contribution in [0.2, 0.25) is 0 Å². The number of aryl methyl sites for hydroxylation is 3. The van der Waals surface area contributed by atoms with Crippen molar-refractivity contribution >= 4 is 11.0 Å². The number of benzene rings is 2. The van der Waals surface area contributed by atoms with Crippen molar-refractivity contribution in [2.75, 3.05) is 13.1 Å². The van der Waals surface area contributed by atoms with Gasteiger partial charge in [0.2, 0.25) is 5.69 Å². The van der Waals surface area contributed by atoms with Crippen LogP contribution in [-0.4, -0.2) is 27.3 Å². The van der Waals surface area contributed by atoms with Crippen molar-refractivity contribution < 1.29 is 4.68 Å². The normalized spacial score (nSPS) is 15.0. The summed E-state index contributed by atoms with van der Waals surface area (Å²) in [7, 11) is 0. The largest absolute Gasteiger partial charge is 0.329 e. The highest BCUT2D eigenvalue weighted by atomic mass is 16.1. The number of aromatic nitrogens is 4. The molecule has 6 heteroatoms.